The van der Waals surface area contributed by atoms with Crippen molar-refractivity contribution in [2.24, 2.45) is 16.6 Å². The van der Waals surface area contributed by atoms with Crippen LogP contribution in [0.3, 0.4) is 0 Å². The number of nitrogens with one attached hydrogen (secondary N) is 1. The summed E-state index contributed by atoms with van der Waals surface area (Å²) in [5, 5.41) is 3.06. The van der Waals surface area contributed by atoms with E-state index in [2.05, 4.69) is 24.2 Å². The number of nitrogens with two attached hydrogens (primary N) is 1. The summed E-state index contributed by atoms with van der Waals surface area (Å²) in [4.78, 5) is 4.15. The van der Waals surface area contributed by atoms with Crippen molar-refractivity contribution in [1.29, 1.82) is 0 Å². The van der Waals surface area contributed by atoms with E-state index in [-0.39, 0.29) is 24.0 Å². The quantitative estimate of drug-likeness (QED) is 0.493. The van der Waals surface area contributed by atoms with Gasteiger partial charge in [-0.1, -0.05) is 13.8 Å². The molecule has 5 heteroatoms. The fourth-order valence-electron chi connectivity index (χ4n) is 1.11. The number of halogens is 1. The second kappa shape index (κ2) is 8.43. The van der Waals surface area contributed by atoms with Crippen molar-refractivity contribution in [2.75, 3.05) is 6.54 Å². The number of hydrogen-bond acceptors (Lipinski definition) is 2. The van der Waals surface area contributed by atoms with E-state index in [0.717, 1.165) is 18.7 Å². The predicted octanol–water partition coefficient (Wildman–Crippen LogP) is 2.35. The Balaban J connectivity index is 0.00000225. The van der Waals surface area contributed by atoms with E-state index < -0.39 is 0 Å². The largest absolute Gasteiger partial charge is 0.467 e. The first kappa shape index (κ1) is 15.3. The van der Waals surface area contributed by atoms with E-state index >= 15 is 0 Å². The summed E-state index contributed by atoms with van der Waals surface area (Å²) in [6.07, 6.45) is 2.73. The molecular formula is C11H20IN3O. The van der Waals surface area contributed by atoms with Crippen molar-refractivity contribution in [3.05, 3.63) is 24.2 Å². The average Bonchev–Trinajstić information content (AvgIpc) is 2.66. The smallest absolute Gasteiger partial charge is 0.189 e. The molecule has 1 aromatic rings. The number of hydrogen-bond donors (Lipinski definition) is 2. The number of nitrogens with zero attached hydrogens (tertiary/aromatic N) is 1. The fourth-order valence-corrected chi connectivity index (χ4v) is 1.11. The number of furan rings is 1. The topological polar surface area (TPSA) is 63.5 Å². The lowest BCUT2D eigenvalue weighted by atomic mass is 10.1. The maximum absolute atomic E-state index is 5.67. The predicted molar refractivity (Wildman–Crippen MR) is 76.9 cm³/mol. The van der Waals surface area contributed by atoms with Crippen molar-refractivity contribution in [1.82, 2.24) is 5.32 Å². The molecule has 1 heterocycles. The van der Waals surface area contributed by atoms with Crippen molar-refractivity contribution in [2.45, 2.75) is 26.8 Å². The monoisotopic (exact) mass is 337 g/mol. The molecule has 0 aliphatic rings. The Labute approximate surface area is 114 Å². The summed E-state index contributed by atoms with van der Waals surface area (Å²) in [5.74, 6) is 1.98. The SMILES string of the molecule is CC(C)CCNC(N)=NCc1ccco1.I. The molecule has 0 saturated heterocycles. The average molecular weight is 337 g/mol. The minimum Gasteiger partial charge on any atom is -0.467 e. The van der Waals surface area contributed by atoms with Crippen LogP contribution in [0.25, 0.3) is 0 Å². The van der Waals surface area contributed by atoms with Gasteiger partial charge in [0.25, 0.3) is 0 Å². The highest BCUT2D eigenvalue weighted by Crippen LogP contribution is 2.01. The molecule has 1 rings (SSSR count). The van der Waals surface area contributed by atoms with E-state index in [1.165, 1.54) is 0 Å². The minimum atomic E-state index is 0. The molecule has 0 atom stereocenters. The molecule has 0 fully saturated rings. The van der Waals surface area contributed by atoms with Gasteiger partial charge < -0.3 is 15.5 Å². The molecular weight excluding hydrogens is 317 g/mol. The molecule has 0 unspecified atom stereocenters. The van der Waals surface area contributed by atoms with Gasteiger partial charge in [-0.15, -0.1) is 24.0 Å². The van der Waals surface area contributed by atoms with Gasteiger partial charge in [-0.3, -0.25) is 0 Å². The van der Waals surface area contributed by atoms with Crippen molar-refractivity contribution < 1.29 is 4.42 Å². The highest BCUT2D eigenvalue weighted by Gasteiger charge is 1.96. The van der Waals surface area contributed by atoms with Crippen LogP contribution < -0.4 is 11.1 Å². The molecule has 1 aromatic heterocycles. The van der Waals surface area contributed by atoms with Gasteiger partial charge in [-0.25, -0.2) is 4.99 Å². The third-order valence-corrected chi connectivity index (χ3v) is 2.01. The summed E-state index contributed by atoms with van der Waals surface area (Å²) in [6, 6.07) is 3.72. The van der Waals surface area contributed by atoms with Crippen LogP contribution in [0.1, 0.15) is 26.0 Å². The van der Waals surface area contributed by atoms with Crippen molar-refractivity contribution in [3.63, 3.8) is 0 Å². The Morgan fingerprint density at radius 2 is 2.31 bits per heavy atom. The molecule has 0 aliphatic heterocycles. The van der Waals surface area contributed by atoms with Crippen LogP contribution in [0.15, 0.2) is 27.8 Å². The van der Waals surface area contributed by atoms with Crippen LogP contribution in [-0.2, 0) is 6.54 Å². The van der Waals surface area contributed by atoms with Gasteiger partial charge in [-0.05, 0) is 24.5 Å². The van der Waals surface area contributed by atoms with E-state index in [4.69, 9.17) is 10.2 Å². The van der Waals surface area contributed by atoms with Gasteiger partial charge in [0.05, 0.1) is 6.26 Å². The third-order valence-electron chi connectivity index (χ3n) is 2.01. The molecule has 4 nitrogen and oxygen atoms in total. The summed E-state index contributed by atoms with van der Waals surface area (Å²) in [5.41, 5.74) is 5.67. The summed E-state index contributed by atoms with van der Waals surface area (Å²) in [7, 11) is 0. The molecule has 3 N–H and O–H groups in total. The van der Waals surface area contributed by atoms with Gasteiger partial charge >= 0.3 is 0 Å². The standard InChI is InChI=1S/C11H19N3O.HI/c1-9(2)5-6-13-11(12)14-8-10-4-3-7-15-10;/h3-4,7,9H,5-6,8H2,1-2H3,(H3,12,13,14);1H. The summed E-state index contributed by atoms with van der Waals surface area (Å²) in [6.45, 7) is 5.72. The van der Waals surface area contributed by atoms with Gasteiger partial charge in [0.15, 0.2) is 5.96 Å². The maximum atomic E-state index is 5.67. The third kappa shape index (κ3) is 6.71. The number of guanidine groups is 1. The highest BCUT2D eigenvalue weighted by molar-refractivity contribution is 14.0. The molecule has 0 amide bonds. The first-order valence-electron chi connectivity index (χ1n) is 5.24. The van der Waals surface area contributed by atoms with Crippen LogP contribution >= 0.6 is 24.0 Å². The molecule has 0 saturated carbocycles. The maximum Gasteiger partial charge on any atom is 0.189 e. The van der Waals surface area contributed by atoms with Crippen LogP contribution in [0.2, 0.25) is 0 Å². The zero-order valence-corrected chi connectivity index (χ0v) is 12.1. The zero-order chi connectivity index (χ0) is 11.1. The molecule has 0 aliphatic carbocycles. The zero-order valence-electron chi connectivity index (χ0n) is 9.77. The second-order valence-corrected chi connectivity index (χ2v) is 3.89. The first-order chi connectivity index (χ1) is 7.18. The van der Waals surface area contributed by atoms with E-state index in [0.29, 0.717) is 18.4 Å². The van der Waals surface area contributed by atoms with Gasteiger partial charge in [0.1, 0.15) is 12.3 Å². The Morgan fingerprint density at radius 3 is 2.88 bits per heavy atom. The van der Waals surface area contributed by atoms with Crippen LogP contribution in [-0.4, -0.2) is 12.5 Å². The lowest BCUT2D eigenvalue weighted by Crippen LogP contribution is -2.32. The lowest BCUT2D eigenvalue weighted by molar-refractivity contribution is 0.512. The Bertz CT molecular complexity index is 296. The molecule has 16 heavy (non-hydrogen) atoms. The van der Waals surface area contributed by atoms with Crippen molar-refractivity contribution >= 4 is 29.9 Å². The minimum absolute atomic E-state index is 0. The van der Waals surface area contributed by atoms with Crippen LogP contribution in [0.5, 0.6) is 0 Å². The van der Waals surface area contributed by atoms with Crippen molar-refractivity contribution in [3.8, 4) is 0 Å². The van der Waals surface area contributed by atoms with E-state index in [9.17, 15) is 0 Å². The van der Waals surface area contributed by atoms with Crippen LogP contribution in [0, 0.1) is 5.92 Å². The number of rotatable bonds is 5. The lowest BCUT2D eigenvalue weighted by Gasteiger charge is -2.06. The summed E-state index contributed by atoms with van der Waals surface area (Å²) < 4.78 is 5.14. The van der Waals surface area contributed by atoms with Gasteiger partial charge in [0.2, 0.25) is 0 Å². The normalized spacial score (nSPS) is 11.3. The van der Waals surface area contributed by atoms with Gasteiger partial charge in [0, 0.05) is 6.54 Å². The molecule has 92 valence electrons. The fraction of sp³-hybridized carbons (Fsp3) is 0.545. The van der Waals surface area contributed by atoms with Gasteiger partial charge in [-0.2, -0.15) is 0 Å². The Morgan fingerprint density at radius 1 is 1.56 bits per heavy atom. The van der Waals surface area contributed by atoms with E-state index in [1.54, 1.807) is 6.26 Å². The highest BCUT2D eigenvalue weighted by atomic mass is 127. The molecule has 0 bridgehead atoms. The molecule has 0 radical (unpaired) electrons. The Kier molecular flexibility index (Phi) is 8.05. The second-order valence-electron chi connectivity index (χ2n) is 3.89. The van der Waals surface area contributed by atoms with Crippen LogP contribution in [0.4, 0.5) is 0 Å². The molecule has 0 spiro atoms. The Hall–Kier alpha value is -0.720. The van der Waals surface area contributed by atoms with E-state index in [1.807, 2.05) is 12.1 Å². The molecule has 0 aromatic carbocycles. The number of aliphatic imine (C=N–C) groups is 1. The summed E-state index contributed by atoms with van der Waals surface area (Å²) >= 11 is 0. The first-order valence-corrected chi connectivity index (χ1v) is 5.24.